The molecule has 0 spiro atoms. The first-order valence-corrected chi connectivity index (χ1v) is 6.16. The van der Waals surface area contributed by atoms with Crippen molar-refractivity contribution < 1.29 is 14.3 Å². The van der Waals surface area contributed by atoms with Gasteiger partial charge < -0.3 is 19.6 Å². The highest BCUT2D eigenvalue weighted by Gasteiger charge is 2.32. The molecule has 1 saturated heterocycles. The van der Waals surface area contributed by atoms with Gasteiger partial charge in [0.05, 0.1) is 23.4 Å². The summed E-state index contributed by atoms with van der Waals surface area (Å²) in [5.41, 5.74) is -0.729. The van der Waals surface area contributed by atoms with Crippen LogP contribution in [0.25, 0.3) is 0 Å². The molecule has 1 aliphatic heterocycles. The maximum Gasteiger partial charge on any atom is 0.134 e. The third-order valence-electron chi connectivity index (χ3n) is 2.86. The van der Waals surface area contributed by atoms with Crippen LogP contribution in [0.3, 0.4) is 0 Å². The second-order valence-electron chi connectivity index (χ2n) is 4.26. The summed E-state index contributed by atoms with van der Waals surface area (Å²) in [6.07, 6.45) is 2.33. The largest absolute Gasteiger partial charge is 0.466 e. The molecule has 1 aliphatic rings. The number of nitrogens with one attached hydrogen (secondary N) is 1. The number of hydrogen-bond donors (Lipinski definition) is 2. The highest BCUT2D eigenvalue weighted by atomic mass is 79.9. The SMILES string of the molecule is CC(NCC1(O)CCOC1)c1occc1Br. The van der Waals surface area contributed by atoms with Gasteiger partial charge in [-0.3, -0.25) is 0 Å². The van der Waals surface area contributed by atoms with Gasteiger partial charge in [-0.15, -0.1) is 0 Å². The summed E-state index contributed by atoms with van der Waals surface area (Å²) in [6.45, 7) is 3.56. The number of aliphatic hydroxyl groups is 1. The highest BCUT2D eigenvalue weighted by Crippen LogP contribution is 2.25. The quantitative estimate of drug-likeness (QED) is 0.888. The van der Waals surface area contributed by atoms with E-state index in [4.69, 9.17) is 9.15 Å². The predicted molar refractivity (Wildman–Crippen MR) is 63.2 cm³/mol. The van der Waals surface area contributed by atoms with Crippen molar-refractivity contribution in [2.24, 2.45) is 0 Å². The summed E-state index contributed by atoms with van der Waals surface area (Å²) < 4.78 is 11.5. The van der Waals surface area contributed by atoms with Crippen LogP contribution in [0, 0.1) is 0 Å². The van der Waals surface area contributed by atoms with Crippen LogP contribution in [-0.4, -0.2) is 30.5 Å². The minimum absolute atomic E-state index is 0.0639. The lowest BCUT2D eigenvalue weighted by molar-refractivity contribution is 0.0247. The second-order valence-corrected chi connectivity index (χ2v) is 5.12. The second kappa shape index (κ2) is 4.87. The van der Waals surface area contributed by atoms with Gasteiger partial charge >= 0.3 is 0 Å². The Morgan fingerprint density at radius 3 is 3.06 bits per heavy atom. The van der Waals surface area contributed by atoms with Crippen molar-refractivity contribution in [3.63, 3.8) is 0 Å². The third kappa shape index (κ3) is 2.66. The Labute approximate surface area is 103 Å². The van der Waals surface area contributed by atoms with Crippen LogP contribution in [0.5, 0.6) is 0 Å². The Morgan fingerprint density at radius 1 is 1.69 bits per heavy atom. The van der Waals surface area contributed by atoms with E-state index in [1.54, 1.807) is 6.26 Å². The Morgan fingerprint density at radius 2 is 2.50 bits per heavy atom. The zero-order valence-corrected chi connectivity index (χ0v) is 10.8. The minimum atomic E-state index is -0.729. The molecule has 5 heteroatoms. The van der Waals surface area contributed by atoms with Crippen molar-refractivity contribution in [1.82, 2.24) is 5.32 Å². The van der Waals surface area contributed by atoms with Crippen LogP contribution in [0.2, 0.25) is 0 Å². The Kier molecular flexibility index (Phi) is 3.69. The first kappa shape index (κ1) is 12.1. The van der Waals surface area contributed by atoms with E-state index in [1.807, 2.05) is 13.0 Å². The average molecular weight is 290 g/mol. The molecule has 0 bridgehead atoms. The Bertz CT molecular complexity index is 347. The Hall–Kier alpha value is -0.360. The highest BCUT2D eigenvalue weighted by molar-refractivity contribution is 9.10. The molecule has 1 aromatic rings. The van der Waals surface area contributed by atoms with Crippen molar-refractivity contribution in [3.05, 3.63) is 22.6 Å². The fourth-order valence-electron chi connectivity index (χ4n) is 1.79. The van der Waals surface area contributed by atoms with Gasteiger partial charge in [0.25, 0.3) is 0 Å². The summed E-state index contributed by atoms with van der Waals surface area (Å²) in [4.78, 5) is 0. The van der Waals surface area contributed by atoms with E-state index in [1.165, 1.54) is 0 Å². The van der Waals surface area contributed by atoms with E-state index in [0.29, 0.717) is 26.2 Å². The smallest absolute Gasteiger partial charge is 0.134 e. The van der Waals surface area contributed by atoms with Crippen LogP contribution in [0.15, 0.2) is 21.2 Å². The van der Waals surface area contributed by atoms with Gasteiger partial charge in [0, 0.05) is 19.6 Å². The van der Waals surface area contributed by atoms with E-state index in [2.05, 4.69) is 21.2 Å². The normalized spacial score (nSPS) is 27.2. The van der Waals surface area contributed by atoms with Gasteiger partial charge in [-0.2, -0.15) is 0 Å². The monoisotopic (exact) mass is 289 g/mol. The lowest BCUT2D eigenvalue weighted by Gasteiger charge is -2.23. The molecule has 1 fully saturated rings. The predicted octanol–water partition coefficient (Wildman–Crippen LogP) is 1.84. The van der Waals surface area contributed by atoms with E-state index in [-0.39, 0.29) is 6.04 Å². The first-order valence-electron chi connectivity index (χ1n) is 5.37. The maximum atomic E-state index is 10.1. The number of hydrogen-bond acceptors (Lipinski definition) is 4. The molecule has 2 heterocycles. The van der Waals surface area contributed by atoms with Crippen molar-refractivity contribution >= 4 is 15.9 Å². The summed E-state index contributed by atoms with van der Waals surface area (Å²) >= 11 is 3.41. The maximum absolute atomic E-state index is 10.1. The molecule has 16 heavy (non-hydrogen) atoms. The molecule has 4 nitrogen and oxygen atoms in total. The topological polar surface area (TPSA) is 54.6 Å². The molecule has 2 N–H and O–H groups in total. The van der Waals surface area contributed by atoms with Gasteiger partial charge in [-0.05, 0) is 28.9 Å². The molecule has 90 valence electrons. The molecular formula is C11H16BrNO3. The van der Waals surface area contributed by atoms with Crippen molar-refractivity contribution in [1.29, 1.82) is 0 Å². The average Bonchev–Trinajstić information content (AvgIpc) is 2.85. The molecule has 0 radical (unpaired) electrons. The lowest BCUT2D eigenvalue weighted by atomic mass is 10.0. The number of furan rings is 1. The van der Waals surface area contributed by atoms with E-state index in [0.717, 1.165) is 10.2 Å². The van der Waals surface area contributed by atoms with Gasteiger partial charge in [0.2, 0.25) is 0 Å². The molecular weight excluding hydrogens is 274 g/mol. The molecule has 0 aliphatic carbocycles. The molecule has 0 aromatic carbocycles. The van der Waals surface area contributed by atoms with Gasteiger partial charge in [0.15, 0.2) is 0 Å². The van der Waals surface area contributed by atoms with Crippen LogP contribution in [-0.2, 0) is 4.74 Å². The Balaban J connectivity index is 1.88. The van der Waals surface area contributed by atoms with E-state index >= 15 is 0 Å². The van der Waals surface area contributed by atoms with Gasteiger partial charge in [0.1, 0.15) is 11.4 Å². The summed E-state index contributed by atoms with van der Waals surface area (Å²) in [7, 11) is 0. The van der Waals surface area contributed by atoms with Crippen molar-refractivity contribution in [2.45, 2.75) is 25.0 Å². The minimum Gasteiger partial charge on any atom is -0.466 e. The lowest BCUT2D eigenvalue weighted by Crippen LogP contribution is -2.41. The van der Waals surface area contributed by atoms with E-state index in [9.17, 15) is 5.11 Å². The standard InChI is InChI=1S/C11H16BrNO3/c1-8(10-9(12)2-4-16-10)13-6-11(14)3-5-15-7-11/h2,4,8,13-14H,3,5-7H2,1H3. The summed E-state index contributed by atoms with van der Waals surface area (Å²) in [5.74, 6) is 0.850. The van der Waals surface area contributed by atoms with Crippen LogP contribution < -0.4 is 5.32 Å². The molecule has 2 unspecified atom stereocenters. The fraction of sp³-hybridized carbons (Fsp3) is 0.636. The van der Waals surface area contributed by atoms with Gasteiger partial charge in [-0.25, -0.2) is 0 Å². The number of rotatable bonds is 4. The van der Waals surface area contributed by atoms with Crippen molar-refractivity contribution in [3.8, 4) is 0 Å². The first-order chi connectivity index (χ1) is 7.61. The van der Waals surface area contributed by atoms with Crippen LogP contribution >= 0.6 is 15.9 Å². The zero-order valence-electron chi connectivity index (χ0n) is 9.20. The summed E-state index contributed by atoms with van der Waals surface area (Å²) in [6, 6.07) is 1.93. The molecule has 2 rings (SSSR count). The number of halogens is 1. The fourth-order valence-corrected chi connectivity index (χ4v) is 2.33. The number of ether oxygens (including phenoxy) is 1. The van der Waals surface area contributed by atoms with E-state index < -0.39 is 5.60 Å². The van der Waals surface area contributed by atoms with Crippen LogP contribution in [0.4, 0.5) is 0 Å². The molecule has 2 atom stereocenters. The molecule has 1 aromatic heterocycles. The van der Waals surface area contributed by atoms with Crippen molar-refractivity contribution in [2.75, 3.05) is 19.8 Å². The van der Waals surface area contributed by atoms with Crippen LogP contribution in [0.1, 0.15) is 25.1 Å². The third-order valence-corrected chi connectivity index (χ3v) is 3.51. The zero-order chi connectivity index (χ0) is 11.6. The summed E-state index contributed by atoms with van der Waals surface area (Å²) in [5, 5.41) is 13.3. The van der Waals surface area contributed by atoms with Gasteiger partial charge in [-0.1, -0.05) is 0 Å². The molecule has 0 amide bonds. The molecule has 0 saturated carbocycles.